The van der Waals surface area contributed by atoms with E-state index in [0.717, 1.165) is 15.9 Å². The summed E-state index contributed by atoms with van der Waals surface area (Å²) in [5.41, 5.74) is 4.12. The first-order valence-electron chi connectivity index (χ1n) is 5.48. The number of rotatable bonds is 3. The predicted octanol–water partition coefficient (Wildman–Crippen LogP) is 2.90. The molecular formula is C12H10N4OS2. The van der Waals surface area contributed by atoms with Crippen LogP contribution in [0, 0.1) is 0 Å². The average molecular weight is 290 g/mol. The molecule has 7 heteroatoms. The van der Waals surface area contributed by atoms with E-state index in [2.05, 4.69) is 15.7 Å². The SMILES string of the molecule is NNc1nc2ccc(NC(=O)c3cccs3)cc2s1. The summed E-state index contributed by atoms with van der Waals surface area (Å²) in [6.07, 6.45) is 0. The first-order valence-corrected chi connectivity index (χ1v) is 7.18. The Morgan fingerprint density at radius 2 is 2.21 bits per heavy atom. The molecule has 3 rings (SSSR count). The molecule has 5 nitrogen and oxygen atoms in total. The molecule has 96 valence electrons. The molecule has 1 aromatic carbocycles. The summed E-state index contributed by atoms with van der Waals surface area (Å²) in [6.45, 7) is 0. The maximum absolute atomic E-state index is 11.9. The van der Waals surface area contributed by atoms with E-state index in [1.807, 2.05) is 29.6 Å². The van der Waals surface area contributed by atoms with Crippen molar-refractivity contribution in [3.63, 3.8) is 0 Å². The summed E-state index contributed by atoms with van der Waals surface area (Å²) in [6, 6.07) is 9.22. The Hall–Kier alpha value is -1.96. The van der Waals surface area contributed by atoms with E-state index in [4.69, 9.17) is 5.84 Å². The van der Waals surface area contributed by atoms with Gasteiger partial charge in [-0.25, -0.2) is 10.8 Å². The fraction of sp³-hybridized carbons (Fsp3) is 0. The third-order valence-corrected chi connectivity index (χ3v) is 4.33. The second kappa shape index (κ2) is 4.96. The second-order valence-electron chi connectivity index (χ2n) is 3.78. The summed E-state index contributed by atoms with van der Waals surface area (Å²) in [5.74, 6) is 5.23. The van der Waals surface area contributed by atoms with Gasteiger partial charge in [-0.05, 0) is 29.6 Å². The molecule has 4 N–H and O–H groups in total. The van der Waals surface area contributed by atoms with E-state index in [0.29, 0.717) is 10.0 Å². The van der Waals surface area contributed by atoms with Gasteiger partial charge in [0.15, 0.2) is 5.13 Å². The minimum atomic E-state index is -0.101. The number of carbonyl (C=O) groups is 1. The molecule has 0 bridgehead atoms. The molecule has 2 aromatic heterocycles. The minimum absolute atomic E-state index is 0.101. The molecule has 0 unspecified atom stereocenters. The summed E-state index contributed by atoms with van der Waals surface area (Å²) in [4.78, 5) is 16.9. The molecule has 19 heavy (non-hydrogen) atoms. The third kappa shape index (κ3) is 2.43. The summed E-state index contributed by atoms with van der Waals surface area (Å²) in [7, 11) is 0. The van der Waals surface area contributed by atoms with Crippen LogP contribution in [-0.4, -0.2) is 10.9 Å². The highest BCUT2D eigenvalue weighted by atomic mass is 32.1. The van der Waals surface area contributed by atoms with Gasteiger partial charge in [0.2, 0.25) is 0 Å². The van der Waals surface area contributed by atoms with E-state index < -0.39 is 0 Å². The fourth-order valence-electron chi connectivity index (χ4n) is 1.66. The molecule has 0 saturated carbocycles. The molecule has 0 radical (unpaired) electrons. The van der Waals surface area contributed by atoms with Gasteiger partial charge in [-0.1, -0.05) is 17.4 Å². The van der Waals surface area contributed by atoms with E-state index in [9.17, 15) is 4.79 Å². The number of amides is 1. The van der Waals surface area contributed by atoms with Gasteiger partial charge in [0.25, 0.3) is 5.91 Å². The van der Waals surface area contributed by atoms with Crippen molar-refractivity contribution in [2.75, 3.05) is 10.7 Å². The second-order valence-corrected chi connectivity index (χ2v) is 5.76. The lowest BCUT2D eigenvalue weighted by molar-refractivity contribution is 0.103. The molecule has 0 spiro atoms. The minimum Gasteiger partial charge on any atom is -0.321 e. The van der Waals surface area contributed by atoms with Crippen LogP contribution in [0.5, 0.6) is 0 Å². The van der Waals surface area contributed by atoms with Crippen molar-refractivity contribution < 1.29 is 4.79 Å². The van der Waals surface area contributed by atoms with Crippen LogP contribution in [0.2, 0.25) is 0 Å². The average Bonchev–Trinajstić information content (AvgIpc) is 3.07. The lowest BCUT2D eigenvalue weighted by Crippen LogP contribution is -2.09. The monoisotopic (exact) mass is 290 g/mol. The van der Waals surface area contributed by atoms with Crippen LogP contribution >= 0.6 is 22.7 Å². The molecule has 1 amide bonds. The summed E-state index contributed by atoms with van der Waals surface area (Å²) >= 11 is 2.85. The van der Waals surface area contributed by atoms with Gasteiger partial charge < -0.3 is 5.32 Å². The Morgan fingerprint density at radius 3 is 2.95 bits per heavy atom. The molecule has 2 heterocycles. The van der Waals surface area contributed by atoms with E-state index in [-0.39, 0.29) is 5.91 Å². The Labute approximate surface area is 117 Å². The zero-order valence-electron chi connectivity index (χ0n) is 9.71. The van der Waals surface area contributed by atoms with Crippen LogP contribution in [0.1, 0.15) is 9.67 Å². The van der Waals surface area contributed by atoms with Crippen molar-refractivity contribution >= 4 is 49.6 Å². The quantitative estimate of drug-likeness (QED) is 0.512. The number of aromatic nitrogens is 1. The van der Waals surface area contributed by atoms with Crippen LogP contribution in [0.15, 0.2) is 35.7 Å². The lowest BCUT2D eigenvalue weighted by atomic mass is 10.3. The zero-order chi connectivity index (χ0) is 13.2. The first kappa shape index (κ1) is 12.1. The Morgan fingerprint density at radius 1 is 1.32 bits per heavy atom. The van der Waals surface area contributed by atoms with Gasteiger partial charge >= 0.3 is 0 Å². The van der Waals surface area contributed by atoms with Crippen molar-refractivity contribution in [2.45, 2.75) is 0 Å². The number of thiazole rings is 1. The standard InChI is InChI=1S/C12H10N4OS2/c13-16-12-15-8-4-3-7(6-10(8)19-12)14-11(17)9-2-1-5-18-9/h1-6H,13H2,(H,14,17)(H,15,16). The van der Waals surface area contributed by atoms with Crippen molar-refractivity contribution in [1.29, 1.82) is 0 Å². The topological polar surface area (TPSA) is 80.0 Å². The molecule has 0 saturated heterocycles. The number of hydrazine groups is 1. The highest BCUT2D eigenvalue weighted by Crippen LogP contribution is 2.28. The van der Waals surface area contributed by atoms with Crippen LogP contribution in [0.4, 0.5) is 10.8 Å². The van der Waals surface area contributed by atoms with Crippen LogP contribution in [-0.2, 0) is 0 Å². The maximum atomic E-state index is 11.9. The zero-order valence-corrected chi connectivity index (χ0v) is 11.3. The van der Waals surface area contributed by atoms with Gasteiger partial charge in [0.1, 0.15) is 0 Å². The first-order chi connectivity index (χ1) is 9.26. The maximum Gasteiger partial charge on any atom is 0.265 e. The largest absolute Gasteiger partial charge is 0.321 e. The normalized spacial score (nSPS) is 10.6. The highest BCUT2D eigenvalue weighted by molar-refractivity contribution is 7.22. The fourth-order valence-corrected chi connectivity index (χ4v) is 3.10. The number of benzene rings is 1. The van der Waals surface area contributed by atoms with E-state index in [1.54, 1.807) is 6.07 Å². The highest BCUT2D eigenvalue weighted by Gasteiger charge is 2.08. The van der Waals surface area contributed by atoms with Crippen LogP contribution in [0.3, 0.4) is 0 Å². The Kier molecular flexibility index (Phi) is 3.16. The number of hydrogen-bond donors (Lipinski definition) is 3. The molecule has 0 fully saturated rings. The number of nitrogens with two attached hydrogens (primary N) is 1. The number of nitrogens with zero attached hydrogens (tertiary/aromatic N) is 1. The molecule has 3 aromatic rings. The number of nitrogens with one attached hydrogen (secondary N) is 2. The van der Waals surface area contributed by atoms with Gasteiger partial charge in [-0.3, -0.25) is 10.2 Å². The van der Waals surface area contributed by atoms with Crippen molar-refractivity contribution in [3.8, 4) is 0 Å². The number of carbonyl (C=O) groups excluding carboxylic acids is 1. The number of fused-ring (bicyclic) bond motifs is 1. The van der Waals surface area contributed by atoms with Crippen molar-refractivity contribution in [1.82, 2.24) is 4.98 Å². The van der Waals surface area contributed by atoms with E-state index in [1.165, 1.54) is 22.7 Å². The predicted molar refractivity (Wildman–Crippen MR) is 79.7 cm³/mol. The number of nitrogen functional groups attached to an aromatic ring is 1. The number of thiophene rings is 1. The summed E-state index contributed by atoms with van der Waals surface area (Å²) < 4.78 is 0.969. The van der Waals surface area contributed by atoms with Crippen LogP contribution in [0.25, 0.3) is 10.2 Å². The molecule has 0 atom stereocenters. The van der Waals surface area contributed by atoms with Crippen molar-refractivity contribution in [2.24, 2.45) is 5.84 Å². The smallest absolute Gasteiger partial charge is 0.265 e. The van der Waals surface area contributed by atoms with E-state index >= 15 is 0 Å². The van der Waals surface area contributed by atoms with Gasteiger partial charge in [0.05, 0.1) is 15.1 Å². The van der Waals surface area contributed by atoms with Gasteiger partial charge in [0, 0.05) is 5.69 Å². The molecular weight excluding hydrogens is 280 g/mol. The summed E-state index contributed by atoms with van der Waals surface area (Å²) in [5, 5.41) is 5.39. The van der Waals surface area contributed by atoms with Gasteiger partial charge in [-0.15, -0.1) is 11.3 Å². The molecule has 0 aliphatic heterocycles. The lowest BCUT2D eigenvalue weighted by Gasteiger charge is -2.02. The number of anilines is 2. The third-order valence-electron chi connectivity index (χ3n) is 2.51. The Balaban J connectivity index is 1.87. The molecule has 0 aliphatic carbocycles. The van der Waals surface area contributed by atoms with Gasteiger partial charge in [-0.2, -0.15) is 0 Å². The van der Waals surface area contributed by atoms with Crippen LogP contribution < -0.4 is 16.6 Å². The van der Waals surface area contributed by atoms with Crippen molar-refractivity contribution in [3.05, 3.63) is 40.6 Å². The number of hydrogen-bond acceptors (Lipinski definition) is 6. The Bertz CT molecular complexity index is 720. The molecule has 0 aliphatic rings.